The molecule has 0 saturated carbocycles. The molecule has 1 N–H and O–H groups in total. The molecule has 0 radical (unpaired) electrons. The molecule has 0 fully saturated rings. The Kier molecular flexibility index (Phi) is 3.54. The second kappa shape index (κ2) is 4.93. The normalized spacial score (nSPS) is 10.8. The summed E-state index contributed by atoms with van der Waals surface area (Å²) in [6.07, 6.45) is 0. The van der Waals surface area contributed by atoms with Gasteiger partial charge in [-0.2, -0.15) is 0 Å². The number of rotatable bonds is 3. The Labute approximate surface area is 108 Å². The molecule has 90 valence electrons. The van der Waals surface area contributed by atoms with Gasteiger partial charge < -0.3 is 0 Å². The molecule has 4 nitrogen and oxygen atoms in total. The van der Waals surface area contributed by atoms with Crippen molar-refractivity contribution in [3.05, 3.63) is 26.9 Å². The number of aromatic nitrogens is 2. The lowest BCUT2D eigenvalue weighted by molar-refractivity contribution is 0.102. The van der Waals surface area contributed by atoms with Gasteiger partial charge in [-0.3, -0.25) is 10.1 Å². The first kappa shape index (κ1) is 12.2. The summed E-state index contributed by atoms with van der Waals surface area (Å²) in [4.78, 5) is 13.1. The Morgan fingerprint density at radius 1 is 1.41 bits per heavy atom. The number of hydrogen-bond donors (Lipinski definition) is 1. The van der Waals surface area contributed by atoms with E-state index in [4.69, 9.17) is 0 Å². The lowest BCUT2D eigenvalue weighted by Gasteiger charge is -1.98. The second-order valence-corrected chi connectivity index (χ2v) is 6.10. The van der Waals surface area contributed by atoms with Crippen LogP contribution in [0.15, 0.2) is 11.4 Å². The number of amides is 1. The predicted octanol–water partition coefficient (Wildman–Crippen LogP) is 3.28. The van der Waals surface area contributed by atoms with Crippen LogP contribution in [0.3, 0.4) is 0 Å². The van der Waals surface area contributed by atoms with Crippen LogP contribution in [-0.4, -0.2) is 16.1 Å². The topological polar surface area (TPSA) is 54.9 Å². The van der Waals surface area contributed by atoms with Gasteiger partial charge >= 0.3 is 0 Å². The molecule has 0 saturated heterocycles. The number of carbonyl (C=O) groups excluding carboxylic acids is 1. The van der Waals surface area contributed by atoms with Crippen LogP contribution in [0, 0.1) is 6.92 Å². The summed E-state index contributed by atoms with van der Waals surface area (Å²) in [5, 5.41) is 13.7. The fourth-order valence-corrected chi connectivity index (χ4v) is 2.78. The summed E-state index contributed by atoms with van der Waals surface area (Å²) in [6.45, 7) is 6.08. The van der Waals surface area contributed by atoms with E-state index in [9.17, 15) is 4.79 Å². The summed E-state index contributed by atoms with van der Waals surface area (Å²) in [6, 6.07) is 1.93. The number of thiophene rings is 1. The fourth-order valence-electron chi connectivity index (χ4n) is 1.29. The molecule has 0 atom stereocenters. The van der Waals surface area contributed by atoms with Crippen LogP contribution in [-0.2, 0) is 0 Å². The Balaban J connectivity index is 2.09. The second-order valence-electron chi connectivity index (χ2n) is 3.97. The van der Waals surface area contributed by atoms with E-state index in [1.807, 2.05) is 18.4 Å². The summed E-state index contributed by atoms with van der Waals surface area (Å²) in [5.41, 5.74) is 0.687. The molecule has 2 aromatic heterocycles. The van der Waals surface area contributed by atoms with Crippen molar-refractivity contribution in [3.63, 3.8) is 0 Å². The van der Waals surface area contributed by atoms with Crippen LogP contribution in [0.25, 0.3) is 0 Å². The first-order valence-electron chi connectivity index (χ1n) is 5.26. The molecule has 2 aromatic rings. The Morgan fingerprint density at radius 3 is 2.71 bits per heavy atom. The molecule has 0 bridgehead atoms. The van der Waals surface area contributed by atoms with E-state index >= 15 is 0 Å². The SMILES string of the molecule is Cc1nnc(NC(=O)c2csc(C(C)C)c2)s1. The third-order valence-corrected chi connectivity index (χ3v) is 4.18. The van der Waals surface area contributed by atoms with Gasteiger partial charge in [-0.15, -0.1) is 21.5 Å². The number of aryl methyl sites for hydroxylation is 1. The zero-order valence-electron chi connectivity index (χ0n) is 9.85. The van der Waals surface area contributed by atoms with Gasteiger partial charge in [0.2, 0.25) is 5.13 Å². The maximum Gasteiger partial charge on any atom is 0.258 e. The third kappa shape index (κ3) is 2.89. The van der Waals surface area contributed by atoms with Crippen molar-refractivity contribution in [1.29, 1.82) is 0 Å². The summed E-state index contributed by atoms with van der Waals surface area (Å²) in [5.74, 6) is 0.328. The van der Waals surface area contributed by atoms with E-state index in [-0.39, 0.29) is 5.91 Å². The Morgan fingerprint density at radius 2 is 2.18 bits per heavy atom. The summed E-state index contributed by atoms with van der Waals surface area (Å²) < 4.78 is 0. The van der Waals surface area contributed by atoms with Gasteiger partial charge in [0.25, 0.3) is 5.91 Å². The molecule has 6 heteroatoms. The highest BCUT2D eigenvalue weighted by Crippen LogP contribution is 2.24. The molecule has 1 amide bonds. The van der Waals surface area contributed by atoms with Gasteiger partial charge in [0.1, 0.15) is 5.01 Å². The smallest absolute Gasteiger partial charge is 0.258 e. The van der Waals surface area contributed by atoms with E-state index in [1.165, 1.54) is 16.2 Å². The fraction of sp³-hybridized carbons (Fsp3) is 0.364. The number of anilines is 1. The first-order chi connectivity index (χ1) is 8.06. The molecule has 2 heterocycles. The molecule has 0 unspecified atom stereocenters. The quantitative estimate of drug-likeness (QED) is 0.928. The van der Waals surface area contributed by atoms with E-state index < -0.39 is 0 Å². The van der Waals surface area contributed by atoms with Crippen LogP contribution < -0.4 is 5.32 Å². The largest absolute Gasteiger partial charge is 0.296 e. The Bertz CT molecular complexity index is 530. The average Bonchev–Trinajstić information content (AvgIpc) is 2.86. The highest BCUT2D eigenvalue weighted by Gasteiger charge is 2.12. The van der Waals surface area contributed by atoms with Crippen molar-refractivity contribution >= 4 is 33.7 Å². The average molecular weight is 267 g/mol. The highest BCUT2D eigenvalue weighted by atomic mass is 32.1. The highest BCUT2D eigenvalue weighted by molar-refractivity contribution is 7.15. The van der Waals surface area contributed by atoms with Crippen molar-refractivity contribution in [1.82, 2.24) is 10.2 Å². The maximum absolute atomic E-state index is 11.9. The van der Waals surface area contributed by atoms with Gasteiger partial charge in [-0.25, -0.2) is 0 Å². The van der Waals surface area contributed by atoms with Gasteiger partial charge in [-0.05, 0) is 18.9 Å². The van der Waals surface area contributed by atoms with E-state index in [2.05, 4.69) is 29.4 Å². The zero-order valence-corrected chi connectivity index (χ0v) is 11.5. The number of nitrogens with one attached hydrogen (secondary N) is 1. The summed E-state index contributed by atoms with van der Waals surface area (Å²) >= 11 is 2.98. The summed E-state index contributed by atoms with van der Waals surface area (Å²) in [7, 11) is 0. The number of carbonyl (C=O) groups is 1. The molecule has 0 aliphatic carbocycles. The van der Waals surface area contributed by atoms with Crippen LogP contribution in [0.1, 0.15) is 40.0 Å². The molecule has 2 rings (SSSR count). The monoisotopic (exact) mass is 267 g/mol. The maximum atomic E-state index is 11.9. The van der Waals surface area contributed by atoms with Gasteiger partial charge in [-0.1, -0.05) is 25.2 Å². The van der Waals surface area contributed by atoms with Crippen molar-refractivity contribution in [2.24, 2.45) is 0 Å². The molecular weight excluding hydrogens is 254 g/mol. The van der Waals surface area contributed by atoms with Gasteiger partial charge in [0.15, 0.2) is 0 Å². The lowest BCUT2D eigenvalue weighted by Crippen LogP contribution is -2.10. The predicted molar refractivity (Wildman–Crippen MR) is 71.0 cm³/mol. The lowest BCUT2D eigenvalue weighted by atomic mass is 10.1. The van der Waals surface area contributed by atoms with Crippen LogP contribution in [0.4, 0.5) is 5.13 Å². The molecule has 0 spiro atoms. The third-order valence-electron chi connectivity index (χ3n) is 2.20. The van der Waals surface area contributed by atoms with Gasteiger partial charge in [0, 0.05) is 10.3 Å². The number of nitrogens with zero attached hydrogens (tertiary/aromatic N) is 2. The number of hydrogen-bond acceptors (Lipinski definition) is 5. The van der Waals surface area contributed by atoms with Crippen LogP contribution >= 0.6 is 22.7 Å². The van der Waals surface area contributed by atoms with Crippen molar-refractivity contribution in [2.45, 2.75) is 26.7 Å². The minimum atomic E-state index is -0.121. The standard InChI is InChI=1S/C11H13N3OS2/c1-6(2)9-4-8(5-16-9)10(15)12-11-14-13-7(3)17-11/h4-6H,1-3H3,(H,12,14,15). The van der Waals surface area contributed by atoms with Crippen LogP contribution in [0.5, 0.6) is 0 Å². The van der Waals surface area contributed by atoms with Crippen LogP contribution in [0.2, 0.25) is 0 Å². The van der Waals surface area contributed by atoms with Crippen molar-refractivity contribution < 1.29 is 4.79 Å². The molecule has 0 aromatic carbocycles. The Hall–Kier alpha value is -1.27. The van der Waals surface area contributed by atoms with Crippen molar-refractivity contribution in [2.75, 3.05) is 5.32 Å². The van der Waals surface area contributed by atoms with E-state index in [1.54, 1.807) is 11.3 Å². The van der Waals surface area contributed by atoms with E-state index in [0.29, 0.717) is 16.6 Å². The first-order valence-corrected chi connectivity index (χ1v) is 6.95. The van der Waals surface area contributed by atoms with Gasteiger partial charge in [0.05, 0.1) is 5.56 Å². The molecule has 0 aliphatic heterocycles. The molecule has 0 aliphatic rings. The minimum absolute atomic E-state index is 0.121. The van der Waals surface area contributed by atoms with Crippen molar-refractivity contribution in [3.8, 4) is 0 Å². The zero-order chi connectivity index (χ0) is 12.4. The van der Waals surface area contributed by atoms with E-state index in [0.717, 1.165) is 5.01 Å². The molecular formula is C11H13N3OS2. The molecule has 17 heavy (non-hydrogen) atoms. The minimum Gasteiger partial charge on any atom is -0.296 e.